The van der Waals surface area contributed by atoms with E-state index in [-0.39, 0.29) is 16.9 Å². The number of hydrogen-bond acceptors (Lipinski definition) is 2. The van der Waals surface area contributed by atoms with E-state index in [0.717, 1.165) is 19.1 Å². The monoisotopic (exact) mass is 268 g/mol. The summed E-state index contributed by atoms with van der Waals surface area (Å²) in [4.78, 5) is 22.7. The molecule has 0 spiro atoms. The molecular formula is C15H28N2O2. The van der Waals surface area contributed by atoms with Crippen molar-refractivity contribution in [1.29, 1.82) is 0 Å². The average molecular weight is 268 g/mol. The highest BCUT2D eigenvalue weighted by molar-refractivity contribution is 5.78. The van der Waals surface area contributed by atoms with Crippen molar-refractivity contribution in [2.24, 2.45) is 10.8 Å². The van der Waals surface area contributed by atoms with Crippen molar-refractivity contribution in [3.05, 3.63) is 12.7 Å². The number of urea groups is 1. The van der Waals surface area contributed by atoms with Gasteiger partial charge in [-0.1, -0.05) is 40.7 Å². The summed E-state index contributed by atoms with van der Waals surface area (Å²) in [6.07, 6.45) is 4.45. The van der Waals surface area contributed by atoms with Crippen LogP contribution in [0.1, 0.15) is 47.5 Å². The Morgan fingerprint density at radius 3 is 2.26 bits per heavy atom. The first-order valence-corrected chi connectivity index (χ1v) is 6.73. The Labute approximate surface area is 117 Å². The van der Waals surface area contributed by atoms with Gasteiger partial charge >= 0.3 is 6.03 Å². The Balaban J connectivity index is 4.13. The molecule has 0 unspecified atom stereocenters. The number of allylic oxidation sites excluding steroid dienone is 1. The Bertz CT molecular complexity index is 317. The molecule has 0 heterocycles. The topological polar surface area (TPSA) is 58.2 Å². The lowest BCUT2D eigenvalue weighted by molar-refractivity contribution is -0.111. The van der Waals surface area contributed by atoms with Gasteiger partial charge < -0.3 is 15.4 Å². The van der Waals surface area contributed by atoms with Crippen molar-refractivity contribution >= 4 is 12.3 Å². The van der Waals surface area contributed by atoms with Gasteiger partial charge in [-0.25, -0.2) is 4.79 Å². The number of rotatable bonds is 7. The largest absolute Gasteiger partial charge is 0.338 e. The minimum atomic E-state index is -0.478. The molecule has 0 fully saturated rings. The highest BCUT2D eigenvalue weighted by Gasteiger charge is 2.25. The lowest BCUT2D eigenvalue weighted by atomic mass is 9.86. The first-order valence-electron chi connectivity index (χ1n) is 6.73. The van der Waals surface area contributed by atoms with Crippen molar-refractivity contribution in [3.8, 4) is 0 Å². The first-order chi connectivity index (χ1) is 8.62. The lowest BCUT2D eigenvalue weighted by Crippen LogP contribution is -2.49. The van der Waals surface area contributed by atoms with Gasteiger partial charge in [-0.05, 0) is 23.7 Å². The number of carbonyl (C=O) groups excluding carboxylic acids is 2. The smallest absolute Gasteiger partial charge is 0.315 e. The molecule has 0 rings (SSSR count). The number of nitrogens with one attached hydrogen (secondary N) is 2. The second-order valence-corrected chi connectivity index (χ2v) is 6.79. The molecule has 0 aromatic rings. The standard InChI is InChI=1S/C15H28N2O2/c1-7-8-15(5,6)9-10-16-13(19)17-12(11-18)14(2,3)4/h7,11-12H,1,8-10H2,2-6H3,(H2,16,17,19)/t12-/m1/s1. The number of carbonyl (C=O) groups is 2. The molecule has 2 amide bonds. The zero-order valence-corrected chi connectivity index (χ0v) is 12.9. The Morgan fingerprint density at radius 2 is 1.84 bits per heavy atom. The molecule has 0 bridgehead atoms. The van der Waals surface area contributed by atoms with Gasteiger partial charge in [0.2, 0.25) is 0 Å². The van der Waals surface area contributed by atoms with E-state index in [4.69, 9.17) is 0 Å². The van der Waals surface area contributed by atoms with E-state index in [2.05, 4.69) is 31.1 Å². The van der Waals surface area contributed by atoms with Crippen molar-refractivity contribution < 1.29 is 9.59 Å². The van der Waals surface area contributed by atoms with Crippen LogP contribution in [0.25, 0.3) is 0 Å². The van der Waals surface area contributed by atoms with Crippen molar-refractivity contribution in [2.75, 3.05) is 6.54 Å². The van der Waals surface area contributed by atoms with Crippen LogP contribution in [0.2, 0.25) is 0 Å². The van der Waals surface area contributed by atoms with E-state index in [1.165, 1.54) is 0 Å². The predicted molar refractivity (Wildman–Crippen MR) is 79.1 cm³/mol. The fraction of sp³-hybridized carbons (Fsp3) is 0.733. The van der Waals surface area contributed by atoms with E-state index in [1.807, 2.05) is 26.8 Å². The van der Waals surface area contributed by atoms with Crippen LogP contribution in [-0.2, 0) is 4.79 Å². The Morgan fingerprint density at radius 1 is 1.26 bits per heavy atom. The zero-order valence-electron chi connectivity index (χ0n) is 12.9. The molecule has 110 valence electrons. The van der Waals surface area contributed by atoms with E-state index in [9.17, 15) is 9.59 Å². The fourth-order valence-corrected chi connectivity index (χ4v) is 1.65. The molecule has 1 atom stereocenters. The first kappa shape index (κ1) is 17.7. The molecular weight excluding hydrogens is 240 g/mol. The molecule has 2 N–H and O–H groups in total. The molecule has 19 heavy (non-hydrogen) atoms. The summed E-state index contributed by atoms with van der Waals surface area (Å²) in [6, 6.07) is -0.768. The Hall–Kier alpha value is -1.32. The maximum atomic E-state index is 11.7. The summed E-state index contributed by atoms with van der Waals surface area (Å²) in [5, 5.41) is 5.48. The second-order valence-electron chi connectivity index (χ2n) is 6.79. The molecule has 4 nitrogen and oxygen atoms in total. The van der Waals surface area contributed by atoms with Gasteiger partial charge in [0.15, 0.2) is 0 Å². The minimum absolute atomic E-state index is 0.128. The second kappa shape index (κ2) is 7.31. The molecule has 0 aliphatic heterocycles. The summed E-state index contributed by atoms with van der Waals surface area (Å²) in [6.45, 7) is 14.3. The van der Waals surface area contributed by atoms with Crippen LogP contribution in [0.5, 0.6) is 0 Å². The molecule has 0 aliphatic carbocycles. The van der Waals surface area contributed by atoms with E-state index < -0.39 is 6.04 Å². The van der Waals surface area contributed by atoms with Gasteiger partial charge in [0.1, 0.15) is 6.29 Å². The van der Waals surface area contributed by atoms with Crippen LogP contribution >= 0.6 is 0 Å². The maximum absolute atomic E-state index is 11.7. The highest BCUT2D eigenvalue weighted by Crippen LogP contribution is 2.24. The highest BCUT2D eigenvalue weighted by atomic mass is 16.2. The minimum Gasteiger partial charge on any atom is -0.338 e. The van der Waals surface area contributed by atoms with Gasteiger partial charge in [0, 0.05) is 6.54 Å². The molecule has 0 aromatic carbocycles. The quantitative estimate of drug-likeness (QED) is 0.551. The van der Waals surface area contributed by atoms with Crippen LogP contribution in [0.4, 0.5) is 4.79 Å². The van der Waals surface area contributed by atoms with Crippen LogP contribution < -0.4 is 10.6 Å². The van der Waals surface area contributed by atoms with Gasteiger partial charge in [-0.15, -0.1) is 6.58 Å². The lowest BCUT2D eigenvalue weighted by Gasteiger charge is -2.27. The zero-order chi connectivity index (χ0) is 15.1. The van der Waals surface area contributed by atoms with Crippen molar-refractivity contribution in [3.63, 3.8) is 0 Å². The summed E-state index contributed by atoms with van der Waals surface area (Å²) in [7, 11) is 0. The van der Waals surface area contributed by atoms with Crippen LogP contribution in [0.15, 0.2) is 12.7 Å². The summed E-state index contributed by atoms with van der Waals surface area (Å²) in [5.41, 5.74) is -0.148. The van der Waals surface area contributed by atoms with Gasteiger partial charge in [-0.3, -0.25) is 0 Å². The van der Waals surface area contributed by atoms with Gasteiger partial charge in [0.05, 0.1) is 6.04 Å². The Kier molecular flexibility index (Phi) is 6.81. The number of amides is 2. The van der Waals surface area contributed by atoms with Crippen LogP contribution in [-0.4, -0.2) is 24.9 Å². The van der Waals surface area contributed by atoms with E-state index in [1.54, 1.807) is 0 Å². The third kappa shape index (κ3) is 7.65. The van der Waals surface area contributed by atoms with Crippen molar-refractivity contribution in [2.45, 2.75) is 53.5 Å². The number of hydrogen-bond donors (Lipinski definition) is 2. The van der Waals surface area contributed by atoms with Crippen molar-refractivity contribution in [1.82, 2.24) is 10.6 Å². The fourth-order valence-electron chi connectivity index (χ4n) is 1.65. The summed E-state index contributed by atoms with van der Waals surface area (Å²) in [5.74, 6) is 0. The van der Waals surface area contributed by atoms with Gasteiger partial charge in [0.25, 0.3) is 0 Å². The average Bonchev–Trinajstić information content (AvgIpc) is 2.23. The predicted octanol–water partition coefficient (Wildman–Crippen LogP) is 2.89. The molecule has 0 saturated heterocycles. The molecule has 4 heteroatoms. The molecule has 0 aliphatic rings. The molecule has 0 aromatic heterocycles. The van der Waals surface area contributed by atoms with Crippen LogP contribution in [0.3, 0.4) is 0 Å². The molecule has 0 saturated carbocycles. The van der Waals surface area contributed by atoms with E-state index in [0.29, 0.717) is 6.54 Å². The van der Waals surface area contributed by atoms with Crippen LogP contribution in [0, 0.1) is 10.8 Å². The summed E-state index contributed by atoms with van der Waals surface area (Å²) < 4.78 is 0. The van der Waals surface area contributed by atoms with Gasteiger partial charge in [-0.2, -0.15) is 0 Å². The third-order valence-electron chi connectivity index (χ3n) is 3.14. The SMILES string of the molecule is C=CCC(C)(C)CCNC(=O)N[C@H](C=O)C(C)(C)C. The summed E-state index contributed by atoms with van der Waals surface area (Å²) >= 11 is 0. The number of aldehydes is 1. The normalized spacial score (nSPS) is 13.5. The maximum Gasteiger partial charge on any atom is 0.315 e. The molecule has 0 radical (unpaired) electrons. The third-order valence-corrected chi connectivity index (χ3v) is 3.14. The van der Waals surface area contributed by atoms with E-state index >= 15 is 0 Å².